The molecule has 0 saturated carbocycles. The molecule has 2 N–H and O–H groups in total. The Bertz CT molecular complexity index is 1170. The number of nitrogens with zero attached hydrogens (tertiary/aromatic N) is 4. The predicted molar refractivity (Wildman–Crippen MR) is 123 cm³/mol. The van der Waals surface area contributed by atoms with Crippen molar-refractivity contribution in [2.75, 3.05) is 18.5 Å². The summed E-state index contributed by atoms with van der Waals surface area (Å²) in [6.45, 7) is 5.40. The zero-order chi connectivity index (χ0) is 22.9. The molecule has 1 aliphatic heterocycles. The Morgan fingerprint density at radius 1 is 1.19 bits per heavy atom. The van der Waals surface area contributed by atoms with Crippen LogP contribution < -0.4 is 11.0 Å². The monoisotopic (exact) mass is 481 g/mol. The number of benzene rings is 1. The number of rotatable bonds is 8. The van der Waals surface area contributed by atoms with Gasteiger partial charge in [0.1, 0.15) is 5.02 Å². The lowest BCUT2D eigenvalue weighted by Crippen LogP contribution is -2.29. The van der Waals surface area contributed by atoms with Crippen LogP contribution in [0.3, 0.4) is 0 Å². The van der Waals surface area contributed by atoms with Crippen molar-refractivity contribution in [1.29, 1.82) is 0 Å². The topological polar surface area (TPSA) is 103 Å². The second-order valence-electron chi connectivity index (χ2n) is 8.27. The van der Waals surface area contributed by atoms with E-state index >= 15 is 0 Å². The fourth-order valence-electron chi connectivity index (χ4n) is 3.59. The van der Waals surface area contributed by atoms with Crippen molar-refractivity contribution in [3.8, 4) is 0 Å². The first-order valence-corrected chi connectivity index (χ1v) is 11.1. The van der Waals surface area contributed by atoms with Gasteiger partial charge >= 0.3 is 5.69 Å². The first-order valence-electron chi connectivity index (χ1n) is 10.3. The third kappa shape index (κ3) is 5.24. The zero-order valence-corrected chi connectivity index (χ0v) is 19.4. The molecule has 9 nitrogen and oxygen atoms in total. The van der Waals surface area contributed by atoms with Crippen molar-refractivity contribution in [3.63, 3.8) is 0 Å². The van der Waals surface area contributed by atoms with E-state index in [-0.39, 0.29) is 17.3 Å². The summed E-state index contributed by atoms with van der Waals surface area (Å²) in [4.78, 5) is 21.2. The van der Waals surface area contributed by atoms with Crippen LogP contribution >= 0.6 is 23.2 Å². The van der Waals surface area contributed by atoms with Gasteiger partial charge in [-0.1, -0.05) is 11.6 Å². The molecule has 0 aliphatic carbocycles. The molecule has 1 aromatic carbocycles. The van der Waals surface area contributed by atoms with Crippen LogP contribution in [0.4, 0.5) is 11.5 Å². The zero-order valence-electron chi connectivity index (χ0n) is 17.8. The van der Waals surface area contributed by atoms with Crippen molar-refractivity contribution >= 4 is 45.7 Å². The Kier molecular flexibility index (Phi) is 6.73. The van der Waals surface area contributed by atoms with Crippen molar-refractivity contribution in [2.45, 2.75) is 51.7 Å². The van der Waals surface area contributed by atoms with Crippen LogP contribution in [0.15, 0.2) is 29.2 Å². The van der Waals surface area contributed by atoms with Crippen molar-refractivity contribution in [1.82, 2.24) is 19.1 Å². The second kappa shape index (κ2) is 9.36. The summed E-state index contributed by atoms with van der Waals surface area (Å²) in [5, 5.41) is 13.7. The molecular formula is C21H25Cl2N5O4. The summed E-state index contributed by atoms with van der Waals surface area (Å²) >= 11 is 12.1. The maximum Gasteiger partial charge on any atom is 0.329 e. The van der Waals surface area contributed by atoms with Crippen LogP contribution in [0.2, 0.25) is 10.3 Å². The summed E-state index contributed by atoms with van der Waals surface area (Å²) in [6, 6.07) is 5.56. The van der Waals surface area contributed by atoms with Crippen molar-refractivity contribution in [3.05, 3.63) is 45.2 Å². The molecule has 0 spiro atoms. The highest BCUT2D eigenvalue weighted by atomic mass is 35.5. The van der Waals surface area contributed by atoms with Crippen LogP contribution in [0.25, 0.3) is 11.0 Å². The number of aryl methyl sites for hydroxylation is 2. The van der Waals surface area contributed by atoms with Gasteiger partial charge in [-0.15, -0.1) is 0 Å². The van der Waals surface area contributed by atoms with Crippen LogP contribution in [0.1, 0.15) is 26.7 Å². The van der Waals surface area contributed by atoms with Gasteiger partial charge in [0.15, 0.2) is 12.1 Å². The highest BCUT2D eigenvalue weighted by Crippen LogP contribution is 2.27. The van der Waals surface area contributed by atoms with E-state index in [4.69, 9.17) is 32.7 Å². The molecule has 3 aromatic rings. The maximum absolute atomic E-state index is 13.3. The minimum Gasteiger partial charge on any atom is -0.390 e. The number of hydrogen-bond donors (Lipinski definition) is 2. The molecule has 1 aliphatic rings. The minimum absolute atomic E-state index is 0.0718. The lowest BCUT2D eigenvalue weighted by atomic mass is 10.1. The summed E-state index contributed by atoms with van der Waals surface area (Å²) in [5.74, 6) is 0.367. The minimum atomic E-state index is -0.902. The average molecular weight is 482 g/mol. The Hall–Kier alpha value is -2.17. The number of imidazole rings is 1. The lowest BCUT2D eigenvalue weighted by molar-refractivity contribution is -0.0490. The van der Waals surface area contributed by atoms with Gasteiger partial charge in [0.2, 0.25) is 5.28 Å². The van der Waals surface area contributed by atoms with Gasteiger partial charge in [0.25, 0.3) is 0 Å². The van der Waals surface area contributed by atoms with E-state index in [1.165, 1.54) is 6.20 Å². The Labute approximate surface area is 194 Å². The Morgan fingerprint density at radius 3 is 2.62 bits per heavy atom. The van der Waals surface area contributed by atoms with E-state index in [9.17, 15) is 9.90 Å². The van der Waals surface area contributed by atoms with Crippen molar-refractivity contribution in [2.24, 2.45) is 0 Å². The number of ether oxygens (including phenoxy) is 2. The Balaban J connectivity index is 1.69. The molecule has 0 bridgehead atoms. The van der Waals surface area contributed by atoms with Crippen LogP contribution in [-0.2, 0) is 22.6 Å². The molecule has 3 heterocycles. The van der Waals surface area contributed by atoms with Gasteiger partial charge in [-0.05, 0) is 50.1 Å². The van der Waals surface area contributed by atoms with Gasteiger partial charge in [-0.2, -0.15) is 4.98 Å². The van der Waals surface area contributed by atoms with E-state index < -0.39 is 5.60 Å². The summed E-state index contributed by atoms with van der Waals surface area (Å²) < 4.78 is 14.4. The average Bonchev–Trinajstić information content (AvgIpc) is 3.33. The van der Waals surface area contributed by atoms with Gasteiger partial charge in [0, 0.05) is 25.2 Å². The number of fused-ring (bicyclic) bond motifs is 1. The smallest absolute Gasteiger partial charge is 0.329 e. The number of aliphatic hydroxyl groups is 1. The second-order valence-corrected chi connectivity index (χ2v) is 9.02. The van der Waals surface area contributed by atoms with Gasteiger partial charge in [-0.3, -0.25) is 9.13 Å². The molecule has 4 rings (SSSR count). The number of anilines is 2. The Morgan fingerprint density at radius 2 is 1.91 bits per heavy atom. The molecule has 0 radical (unpaired) electrons. The van der Waals surface area contributed by atoms with E-state index in [1.54, 1.807) is 23.0 Å². The normalized spacial score (nSPS) is 15.0. The highest BCUT2D eigenvalue weighted by molar-refractivity contribution is 6.33. The third-order valence-electron chi connectivity index (χ3n) is 5.22. The standard InChI is InChI=1S/C21H25Cl2N5O4/c1-21(2,30)6-8-28-16-11-13(25-18-14(22)12-24-19(23)26-18)3-4-15(16)27(20(28)29)7-5-17-31-9-10-32-17/h3-4,11-12,17,30H,5-10H2,1-2H3,(H,24,25,26). The molecule has 11 heteroatoms. The van der Waals surface area contributed by atoms with E-state index in [2.05, 4.69) is 15.3 Å². The number of aromatic nitrogens is 4. The summed E-state index contributed by atoms with van der Waals surface area (Å²) in [7, 11) is 0. The molecule has 2 aromatic heterocycles. The highest BCUT2D eigenvalue weighted by Gasteiger charge is 2.21. The molecule has 1 fully saturated rings. The van der Waals surface area contributed by atoms with Gasteiger partial charge in [-0.25, -0.2) is 9.78 Å². The molecule has 32 heavy (non-hydrogen) atoms. The largest absolute Gasteiger partial charge is 0.390 e. The van der Waals surface area contributed by atoms with Crippen LogP contribution in [0.5, 0.6) is 0 Å². The molecular weight excluding hydrogens is 457 g/mol. The molecule has 1 saturated heterocycles. The molecule has 172 valence electrons. The molecule has 0 atom stereocenters. The quantitative estimate of drug-likeness (QED) is 0.473. The maximum atomic E-state index is 13.3. The third-order valence-corrected chi connectivity index (χ3v) is 5.68. The van der Waals surface area contributed by atoms with E-state index in [1.807, 2.05) is 18.2 Å². The van der Waals surface area contributed by atoms with Gasteiger partial charge in [0.05, 0.1) is 36.0 Å². The molecule has 0 unspecified atom stereocenters. The first-order chi connectivity index (χ1) is 15.2. The van der Waals surface area contributed by atoms with Crippen molar-refractivity contribution < 1.29 is 14.6 Å². The predicted octanol–water partition coefficient (Wildman–Crippen LogP) is 3.57. The van der Waals surface area contributed by atoms with Crippen LogP contribution in [0, 0.1) is 0 Å². The fraction of sp³-hybridized carbons (Fsp3) is 0.476. The number of halogens is 2. The number of nitrogens with one attached hydrogen (secondary N) is 1. The SMILES string of the molecule is CC(C)(O)CCn1c(=O)n(CCC2OCCO2)c2ccc(Nc3nc(Cl)ncc3Cl)cc21. The fourth-order valence-corrected chi connectivity index (χ4v) is 3.87. The van der Waals surface area contributed by atoms with E-state index in [0.29, 0.717) is 55.7 Å². The van der Waals surface area contributed by atoms with Crippen LogP contribution in [-0.4, -0.2) is 49.3 Å². The summed E-state index contributed by atoms with van der Waals surface area (Å²) in [5.41, 5.74) is 1.14. The van der Waals surface area contributed by atoms with E-state index in [0.717, 1.165) is 11.0 Å². The summed E-state index contributed by atoms with van der Waals surface area (Å²) in [6.07, 6.45) is 2.11. The van der Waals surface area contributed by atoms with Gasteiger partial charge < -0.3 is 19.9 Å². The molecule has 0 amide bonds. The lowest BCUT2D eigenvalue weighted by Gasteiger charge is -2.17. The number of hydrogen-bond acceptors (Lipinski definition) is 7. The first kappa shape index (κ1) is 23.0.